The number of carboxylic acid groups (broad SMARTS) is 1. The summed E-state index contributed by atoms with van der Waals surface area (Å²) in [7, 11) is 0. The first kappa shape index (κ1) is 26.7. The summed E-state index contributed by atoms with van der Waals surface area (Å²) in [6.45, 7) is 6.65. The largest absolute Gasteiger partial charge is 0.481 e. The van der Waals surface area contributed by atoms with Gasteiger partial charge in [0.1, 0.15) is 0 Å². The number of carbonyl (C=O) groups is 2. The van der Waals surface area contributed by atoms with Crippen LogP contribution in [0.3, 0.4) is 0 Å². The normalized spacial score (nSPS) is 11.8. The monoisotopic (exact) mass is 513 g/mol. The van der Waals surface area contributed by atoms with Gasteiger partial charge in [-0.1, -0.05) is 62.2 Å². The molecule has 3 rings (SSSR count). The smallest absolute Gasteiger partial charge is 0.354 e. The van der Waals surface area contributed by atoms with Crippen LogP contribution in [0.1, 0.15) is 31.9 Å². The van der Waals surface area contributed by atoms with Crippen molar-refractivity contribution in [3.63, 3.8) is 0 Å². The number of aryl methyl sites for hydroxylation is 1. The highest BCUT2D eigenvalue weighted by molar-refractivity contribution is 6.34. The van der Waals surface area contributed by atoms with Gasteiger partial charge in [-0.25, -0.2) is 14.2 Å². The number of hydrogen-bond donors (Lipinski definition) is 3. The molecule has 3 aromatic rings. The lowest BCUT2D eigenvalue weighted by Crippen LogP contribution is -2.44. The Morgan fingerprint density at radius 2 is 1.72 bits per heavy atom. The first-order valence-corrected chi connectivity index (χ1v) is 11.7. The number of nitrogens with one attached hydrogen (secondary N) is 2. The fraction of sp³-hybridized carbons (Fsp3) is 0.320. The van der Waals surface area contributed by atoms with Gasteiger partial charge in [0.05, 0.1) is 23.2 Å². The number of benzene rings is 2. The number of amides is 1. The van der Waals surface area contributed by atoms with Gasteiger partial charge in [0, 0.05) is 18.2 Å². The number of rotatable bonds is 9. The van der Waals surface area contributed by atoms with Gasteiger partial charge in [0.15, 0.2) is 0 Å². The second kappa shape index (κ2) is 11.2. The van der Waals surface area contributed by atoms with E-state index < -0.39 is 23.3 Å². The molecule has 0 saturated heterocycles. The molecule has 0 spiro atoms. The Kier molecular flexibility index (Phi) is 8.31. The van der Waals surface area contributed by atoms with E-state index in [2.05, 4.69) is 15.6 Å². The molecular formula is C25H28ClN5O5. The summed E-state index contributed by atoms with van der Waals surface area (Å²) >= 11 is 6.34. The van der Waals surface area contributed by atoms with Crippen LogP contribution in [0, 0.1) is 18.8 Å². The van der Waals surface area contributed by atoms with Crippen LogP contribution in [-0.2, 0) is 22.7 Å². The van der Waals surface area contributed by atoms with E-state index in [0.29, 0.717) is 11.4 Å². The third-order valence-corrected chi connectivity index (χ3v) is 5.81. The fourth-order valence-electron chi connectivity index (χ4n) is 3.25. The van der Waals surface area contributed by atoms with Crippen molar-refractivity contribution in [2.45, 2.75) is 40.8 Å². The summed E-state index contributed by atoms with van der Waals surface area (Å²) in [5, 5.41) is 15.2. The van der Waals surface area contributed by atoms with Gasteiger partial charge >= 0.3 is 17.3 Å². The molecule has 1 heterocycles. The molecule has 0 aliphatic carbocycles. The highest BCUT2D eigenvalue weighted by atomic mass is 35.5. The third-order valence-electron chi connectivity index (χ3n) is 5.50. The van der Waals surface area contributed by atoms with Gasteiger partial charge in [-0.2, -0.15) is 4.98 Å². The Morgan fingerprint density at radius 1 is 1.06 bits per heavy atom. The number of hydrogen-bond acceptors (Lipinski definition) is 6. The molecule has 0 aliphatic rings. The van der Waals surface area contributed by atoms with Crippen molar-refractivity contribution >= 4 is 40.8 Å². The molecule has 0 unspecified atom stereocenters. The van der Waals surface area contributed by atoms with Crippen LogP contribution in [0.2, 0.25) is 5.02 Å². The standard InChI is InChI=1S/C25H28ClN5O5/c1-14(2)21(32)28-20-10-9-18(11-19(20)26)27-23-29-24(35)31(12-16(4)22(33)34)25(36)30(23)13-17-7-5-15(3)6-8-17/h5-11,14,16H,12-13H2,1-4H3,(H,28,32)(H,33,34)(H,27,29,35)/t16-/m0/s1. The third kappa shape index (κ3) is 6.39. The average molecular weight is 514 g/mol. The van der Waals surface area contributed by atoms with E-state index in [1.54, 1.807) is 26.0 Å². The summed E-state index contributed by atoms with van der Waals surface area (Å²) < 4.78 is 2.08. The van der Waals surface area contributed by atoms with Crippen LogP contribution < -0.4 is 22.0 Å². The van der Waals surface area contributed by atoms with Crippen LogP contribution in [0.4, 0.5) is 17.3 Å². The van der Waals surface area contributed by atoms with Crippen LogP contribution in [-0.4, -0.2) is 31.1 Å². The highest BCUT2D eigenvalue weighted by Crippen LogP contribution is 2.27. The average Bonchev–Trinajstić information content (AvgIpc) is 2.81. The zero-order valence-corrected chi connectivity index (χ0v) is 21.2. The summed E-state index contributed by atoms with van der Waals surface area (Å²) in [5.41, 5.74) is 1.11. The minimum Gasteiger partial charge on any atom is -0.481 e. The maximum Gasteiger partial charge on any atom is 0.354 e. The maximum absolute atomic E-state index is 13.3. The summed E-state index contributed by atoms with van der Waals surface area (Å²) in [4.78, 5) is 53.4. The predicted octanol–water partition coefficient (Wildman–Crippen LogP) is 3.47. The minimum absolute atomic E-state index is 0.0279. The summed E-state index contributed by atoms with van der Waals surface area (Å²) in [5.74, 6) is -2.54. The van der Waals surface area contributed by atoms with Crippen LogP contribution in [0.25, 0.3) is 0 Å². The first-order chi connectivity index (χ1) is 17.0. The Hall–Kier alpha value is -3.92. The molecule has 10 nitrogen and oxygen atoms in total. The SMILES string of the molecule is Cc1ccc(Cn2c(Nc3ccc(NC(=O)C(C)C)c(Cl)c3)nc(=O)n(C[C@H](C)C(=O)O)c2=O)cc1. The molecule has 0 saturated carbocycles. The molecule has 0 fully saturated rings. The Bertz CT molecular complexity index is 1400. The van der Waals surface area contributed by atoms with E-state index in [1.165, 1.54) is 17.6 Å². The number of aromatic nitrogens is 3. The van der Waals surface area contributed by atoms with Gasteiger partial charge in [-0.05, 0) is 30.7 Å². The zero-order chi connectivity index (χ0) is 26.6. The Morgan fingerprint density at radius 3 is 2.31 bits per heavy atom. The second-order valence-corrected chi connectivity index (χ2v) is 9.29. The molecule has 1 atom stereocenters. The number of anilines is 3. The highest BCUT2D eigenvalue weighted by Gasteiger charge is 2.19. The fourth-order valence-corrected chi connectivity index (χ4v) is 3.48. The van der Waals surface area contributed by atoms with Crippen molar-refractivity contribution in [3.05, 3.63) is 79.6 Å². The Balaban J connectivity index is 2.02. The van der Waals surface area contributed by atoms with E-state index in [4.69, 9.17) is 11.6 Å². The van der Waals surface area contributed by atoms with Gasteiger partial charge in [0.2, 0.25) is 11.9 Å². The number of nitrogens with zero attached hydrogens (tertiary/aromatic N) is 3. The lowest BCUT2D eigenvalue weighted by Gasteiger charge is -2.17. The molecule has 1 aromatic heterocycles. The summed E-state index contributed by atoms with van der Waals surface area (Å²) in [6, 6.07) is 12.3. The van der Waals surface area contributed by atoms with Crippen molar-refractivity contribution in [2.24, 2.45) is 11.8 Å². The van der Waals surface area contributed by atoms with Crippen molar-refractivity contribution in [2.75, 3.05) is 10.6 Å². The van der Waals surface area contributed by atoms with E-state index in [0.717, 1.165) is 15.7 Å². The van der Waals surface area contributed by atoms with Crippen LogP contribution in [0.15, 0.2) is 52.1 Å². The van der Waals surface area contributed by atoms with Crippen molar-refractivity contribution in [3.8, 4) is 0 Å². The molecule has 1 amide bonds. The summed E-state index contributed by atoms with van der Waals surface area (Å²) in [6.07, 6.45) is 0. The number of halogens is 1. The predicted molar refractivity (Wildman–Crippen MR) is 138 cm³/mol. The van der Waals surface area contributed by atoms with Gasteiger partial charge in [-0.3, -0.25) is 14.2 Å². The maximum atomic E-state index is 13.3. The van der Waals surface area contributed by atoms with E-state index in [-0.39, 0.29) is 35.9 Å². The quantitative estimate of drug-likeness (QED) is 0.398. The molecule has 3 N–H and O–H groups in total. The molecule has 0 bridgehead atoms. The Labute approximate surface area is 212 Å². The van der Waals surface area contributed by atoms with Gasteiger partial charge in [0.25, 0.3) is 0 Å². The molecule has 190 valence electrons. The van der Waals surface area contributed by atoms with Crippen LogP contribution >= 0.6 is 11.6 Å². The molecule has 0 radical (unpaired) electrons. The number of aliphatic carboxylic acids is 1. The molecule has 0 aliphatic heterocycles. The van der Waals surface area contributed by atoms with Gasteiger partial charge < -0.3 is 15.7 Å². The van der Waals surface area contributed by atoms with Crippen molar-refractivity contribution < 1.29 is 14.7 Å². The van der Waals surface area contributed by atoms with E-state index in [9.17, 15) is 24.3 Å². The topological polar surface area (TPSA) is 135 Å². The number of carbonyl (C=O) groups excluding carboxylic acids is 1. The molecular weight excluding hydrogens is 486 g/mol. The van der Waals surface area contributed by atoms with E-state index >= 15 is 0 Å². The van der Waals surface area contributed by atoms with Crippen LogP contribution in [0.5, 0.6) is 0 Å². The van der Waals surface area contributed by atoms with Gasteiger partial charge in [-0.15, -0.1) is 0 Å². The van der Waals surface area contributed by atoms with E-state index in [1.807, 2.05) is 31.2 Å². The van der Waals surface area contributed by atoms with Crippen molar-refractivity contribution in [1.82, 2.24) is 14.1 Å². The number of carboxylic acids is 1. The first-order valence-electron chi connectivity index (χ1n) is 11.3. The minimum atomic E-state index is -1.13. The lowest BCUT2D eigenvalue weighted by molar-refractivity contribution is -0.141. The molecule has 11 heteroatoms. The van der Waals surface area contributed by atoms with Crippen molar-refractivity contribution in [1.29, 1.82) is 0 Å². The zero-order valence-electron chi connectivity index (χ0n) is 20.4. The molecule has 2 aromatic carbocycles. The second-order valence-electron chi connectivity index (χ2n) is 8.89. The lowest BCUT2D eigenvalue weighted by atomic mass is 10.1. The molecule has 36 heavy (non-hydrogen) atoms.